The average Bonchev–Trinajstić information content (AvgIpc) is 2.84. The van der Waals surface area contributed by atoms with E-state index in [1.807, 2.05) is 13.0 Å². The highest BCUT2D eigenvalue weighted by Gasteiger charge is 2.24. The highest BCUT2D eigenvalue weighted by molar-refractivity contribution is 5.62. The van der Waals surface area contributed by atoms with Crippen LogP contribution in [-0.4, -0.2) is 69.7 Å². The Bertz CT molecular complexity index is 1040. The van der Waals surface area contributed by atoms with Gasteiger partial charge in [0.1, 0.15) is 11.4 Å². The molecule has 0 unspecified atom stereocenters. The van der Waals surface area contributed by atoms with E-state index < -0.39 is 0 Å². The molecule has 0 amide bonds. The lowest BCUT2D eigenvalue weighted by Gasteiger charge is -2.35. The van der Waals surface area contributed by atoms with Gasteiger partial charge in [-0.1, -0.05) is 13.8 Å². The minimum Gasteiger partial charge on any atom is -0.465 e. The average molecular weight is 451 g/mol. The van der Waals surface area contributed by atoms with Gasteiger partial charge in [-0.3, -0.25) is 15.0 Å². The number of aromatic nitrogens is 6. The van der Waals surface area contributed by atoms with E-state index in [4.69, 9.17) is 9.47 Å². The molecule has 0 aliphatic carbocycles. The number of ether oxygens (including phenoxy) is 2. The summed E-state index contributed by atoms with van der Waals surface area (Å²) in [7, 11) is 1.58. The fourth-order valence-corrected chi connectivity index (χ4v) is 3.66. The molecular formula is C23H30N8O2. The summed E-state index contributed by atoms with van der Waals surface area (Å²) in [5.41, 5.74) is 3.79. The maximum atomic E-state index is 5.79. The Balaban J connectivity index is 1.54. The molecule has 1 aliphatic heterocycles. The van der Waals surface area contributed by atoms with Crippen LogP contribution >= 0.6 is 0 Å². The molecule has 33 heavy (non-hydrogen) atoms. The van der Waals surface area contributed by atoms with Crippen molar-refractivity contribution < 1.29 is 9.47 Å². The van der Waals surface area contributed by atoms with E-state index in [1.54, 1.807) is 31.9 Å². The Morgan fingerprint density at radius 1 is 1.09 bits per heavy atom. The van der Waals surface area contributed by atoms with Crippen molar-refractivity contribution in [2.45, 2.75) is 33.2 Å². The van der Waals surface area contributed by atoms with Gasteiger partial charge in [-0.15, -0.1) is 10.2 Å². The second-order valence-corrected chi connectivity index (χ2v) is 8.46. The molecule has 0 bridgehead atoms. The molecule has 0 spiro atoms. The molecule has 1 aliphatic rings. The van der Waals surface area contributed by atoms with E-state index in [1.165, 1.54) is 0 Å². The fraction of sp³-hybridized carbons (Fsp3) is 0.478. The van der Waals surface area contributed by atoms with E-state index >= 15 is 0 Å². The SMILES string of the molecule is COCOc1cc(Cc2cnc(C)cn2)cnc1-c1cnc(N2CCN[C@@H](C(C)C)C2)nn1. The molecule has 1 N–H and O–H groups in total. The number of piperazine rings is 1. The van der Waals surface area contributed by atoms with Crippen molar-refractivity contribution in [2.24, 2.45) is 5.92 Å². The molecule has 4 heterocycles. The third-order valence-corrected chi connectivity index (χ3v) is 5.55. The number of aryl methyl sites for hydroxylation is 1. The quantitative estimate of drug-likeness (QED) is 0.512. The van der Waals surface area contributed by atoms with Crippen LogP contribution in [0.1, 0.15) is 30.8 Å². The number of nitrogens with zero attached hydrogens (tertiary/aromatic N) is 7. The van der Waals surface area contributed by atoms with Crippen LogP contribution in [0.15, 0.2) is 30.9 Å². The summed E-state index contributed by atoms with van der Waals surface area (Å²) >= 11 is 0. The molecule has 174 valence electrons. The lowest BCUT2D eigenvalue weighted by atomic mass is 10.0. The van der Waals surface area contributed by atoms with Gasteiger partial charge in [0.15, 0.2) is 12.5 Å². The first kappa shape index (κ1) is 22.9. The van der Waals surface area contributed by atoms with Crippen LogP contribution in [0.3, 0.4) is 0 Å². The number of rotatable bonds is 8. The van der Waals surface area contributed by atoms with E-state index in [9.17, 15) is 0 Å². The lowest BCUT2D eigenvalue weighted by molar-refractivity contribution is 0.0512. The molecule has 0 aromatic carbocycles. The van der Waals surface area contributed by atoms with Crippen LogP contribution in [0, 0.1) is 12.8 Å². The molecule has 3 aromatic rings. The Hall–Kier alpha value is -3.24. The summed E-state index contributed by atoms with van der Waals surface area (Å²) in [5, 5.41) is 12.3. The minimum absolute atomic E-state index is 0.0960. The number of pyridine rings is 1. The second kappa shape index (κ2) is 10.6. The zero-order valence-electron chi connectivity index (χ0n) is 19.5. The topological polar surface area (TPSA) is 111 Å². The highest BCUT2D eigenvalue weighted by atomic mass is 16.7. The molecule has 3 aromatic heterocycles. The van der Waals surface area contributed by atoms with Gasteiger partial charge in [0.2, 0.25) is 5.95 Å². The predicted molar refractivity (Wildman–Crippen MR) is 124 cm³/mol. The molecular weight excluding hydrogens is 420 g/mol. The highest BCUT2D eigenvalue weighted by Crippen LogP contribution is 2.28. The van der Waals surface area contributed by atoms with Gasteiger partial charge >= 0.3 is 0 Å². The molecule has 1 atom stereocenters. The summed E-state index contributed by atoms with van der Waals surface area (Å²) in [4.78, 5) is 20.1. The molecule has 4 rings (SSSR count). The third-order valence-electron chi connectivity index (χ3n) is 5.55. The Morgan fingerprint density at radius 2 is 1.97 bits per heavy atom. The number of hydrogen-bond donors (Lipinski definition) is 1. The molecule has 10 heteroatoms. The van der Waals surface area contributed by atoms with Crippen molar-refractivity contribution >= 4 is 5.95 Å². The molecule has 1 saturated heterocycles. The van der Waals surface area contributed by atoms with E-state index in [2.05, 4.69) is 54.2 Å². The summed E-state index contributed by atoms with van der Waals surface area (Å²) in [6.45, 7) is 9.04. The Kier molecular flexibility index (Phi) is 7.36. The van der Waals surface area contributed by atoms with Gasteiger partial charge in [0.05, 0.1) is 17.6 Å². The maximum Gasteiger partial charge on any atom is 0.245 e. The van der Waals surface area contributed by atoms with E-state index in [-0.39, 0.29) is 6.79 Å². The first-order chi connectivity index (χ1) is 16.0. The van der Waals surface area contributed by atoms with Crippen LogP contribution in [0.5, 0.6) is 5.75 Å². The van der Waals surface area contributed by atoms with Crippen LogP contribution < -0.4 is 15.0 Å². The lowest BCUT2D eigenvalue weighted by Crippen LogP contribution is -2.53. The first-order valence-electron chi connectivity index (χ1n) is 11.1. The van der Waals surface area contributed by atoms with Gasteiger partial charge in [-0.2, -0.15) is 0 Å². The minimum atomic E-state index is 0.0960. The Labute approximate surface area is 193 Å². The van der Waals surface area contributed by atoms with Crippen molar-refractivity contribution in [1.29, 1.82) is 0 Å². The molecule has 0 radical (unpaired) electrons. The van der Waals surface area contributed by atoms with E-state index in [0.717, 1.165) is 36.6 Å². The first-order valence-corrected chi connectivity index (χ1v) is 11.1. The zero-order chi connectivity index (χ0) is 23.2. The smallest absolute Gasteiger partial charge is 0.245 e. The van der Waals surface area contributed by atoms with Crippen molar-refractivity contribution in [1.82, 2.24) is 35.5 Å². The fourth-order valence-electron chi connectivity index (χ4n) is 3.66. The van der Waals surface area contributed by atoms with Gasteiger partial charge in [0, 0.05) is 57.8 Å². The summed E-state index contributed by atoms with van der Waals surface area (Å²) in [5.74, 6) is 1.72. The van der Waals surface area contributed by atoms with Crippen molar-refractivity contribution in [3.05, 3.63) is 47.8 Å². The second-order valence-electron chi connectivity index (χ2n) is 8.46. The monoisotopic (exact) mass is 450 g/mol. The maximum absolute atomic E-state index is 5.79. The largest absolute Gasteiger partial charge is 0.465 e. The zero-order valence-corrected chi connectivity index (χ0v) is 19.5. The van der Waals surface area contributed by atoms with Gasteiger partial charge < -0.3 is 19.7 Å². The Morgan fingerprint density at radius 3 is 2.67 bits per heavy atom. The van der Waals surface area contributed by atoms with Crippen molar-refractivity contribution in [2.75, 3.05) is 38.4 Å². The van der Waals surface area contributed by atoms with Gasteiger partial charge in [0.25, 0.3) is 0 Å². The molecule has 1 fully saturated rings. The van der Waals surface area contributed by atoms with Crippen molar-refractivity contribution in [3.63, 3.8) is 0 Å². The van der Waals surface area contributed by atoms with E-state index in [0.29, 0.717) is 41.5 Å². The standard InChI is InChI=1S/C23H30N8O2/c1-15(2)20-13-31(6-5-24-20)23-28-12-19(29-30-23)22-21(33-14-32-4)8-17(10-27-22)7-18-11-25-16(3)9-26-18/h8-12,15,20,24H,5-7,13-14H2,1-4H3/t20-/m1/s1. The number of methoxy groups -OCH3 is 1. The van der Waals surface area contributed by atoms with Crippen molar-refractivity contribution in [3.8, 4) is 17.1 Å². The van der Waals surface area contributed by atoms with Crippen LogP contribution in [-0.2, 0) is 11.2 Å². The summed E-state index contributed by atoms with van der Waals surface area (Å²) in [6, 6.07) is 2.32. The van der Waals surface area contributed by atoms with Crippen LogP contribution in [0.2, 0.25) is 0 Å². The predicted octanol–water partition coefficient (Wildman–Crippen LogP) is 2.04. The van der Waals surface area contributed by atoms with Gasteiger partial charge in [-0.25, -0.2) is 4.98 Å². The third kappa shape index (κ3) is 5.77. The number of nitrogens with one attached hydrogen (secondary N) is 1. The number of anilines is 1. The summed E-state index contributed by atoms with van der Waals surface area (Å²) in [6.07, 6.45) is 7.60. The summed E-state index contributed by atoms with van der Waals surface area (Å²) < 4.78 is 10.9. The number of hydrogen-bond acceptors (Lipinski definition) is 10. The van der Waals surface area contributed by atoms with Gasteiger partial charge in [-0.05, 0) is 24.5 Å². The normalized spacial score (nSPS) is 16.3. The van der Waals surface area contributed by atoms with Crippen LogP contribution in [0.4, 0.5) is 5.95 Å². The molecule has 10 nitrogen and oxygen atoms in total. The molecule has 0 saturated carbocycles. The van der Waals surface area contributed by atoms with Crippen LogP contribution in [0.25, 0.3) is 11.4 Å².